The van der Waals surface area contributed by atoms with E-state index in [2.05, 4.69) is 0 Å². The van der Waals surface area contributed by atoms with Crippen LogP contribution in [-0.2, 0) is 0 Å². The van der Waals surface area contributed by atoms with Crippen LogP contribution in [0.4, 0.5) is 8.78 Å². The minimum atomic E-state index is -0.903. The summed E-state index contributed by atoms with van der Waals surface area (Å²) in [5, 5.41) is 0. The Kier molecular flexibility index (Phi) is 2.26. The Balaban J connectivity index is 3.37. The zero-order chi connectivity index (χ0) is 9.30. The molecule has 0 N–H and O–H groups in total. The number of halogens is 2. The van der Waals surface area contributed by atoms with Gasteiger partial charge in [0, 0.05) is 11.6 Å². The van der Waals surface area contributed by atoms with E-state index in [1.807, 2.05) is 0 Å². The van der Waals surface area contributed by atoms with Crippen LogP contribution in [0.5, 0.6) is 0 Å². The number of hydrogen-bond donors (Lipinski definition) is 0. The molecule has 0 bridgehead atoms. The van der Waals surface area contributed by atoms with Crippen LogP contribution in [0.15, 0.2) is 12.1 Å². The Labute approximate surface area is 69.8 Å². The van der Waals surface area contributed by atoms with Crippen LogP contribution in [-0.4, -0.2) is 13.6 Å². The molecule has 0 amide bonds. The Morgan fingerprint density at radius 3 is 2.50 bits per heavy atom. The second kappa shape index (κ2) is 3.05. The predicted molar refractivity (Wildman–Crippen MR) is 41.8 cm³/mol. The number of hydrogen-bond acceptors (Lipinski definition) is 1. The van der Waals surface area contributed by atoms with Crippen molar-refractivity contribution in [2.24, 2.45) is 0 Å². The number of Topliss-reactive ketones (excluding diaryl/α,β-unsaturated/α-hetero) is 1. The molecule has 1 rings (SSSR count). The molecule has 0 aliphatic heterocycles. The molecular weight excluding hydrogens is 161 g/mol. The molecule has 0 atom stereocenters. The summed E-state index contributed by atoms with van der Waals surface area (Å²) in [5.74, 6) is -2.15. The van der Waals surface area contributed by atoms with E-state index in [1.54, 1.807) is 0 Å². The lowest BCUT2D eigenvalue weighted by molar-refractivity contribution is 0.101. The molecule has 0 heterocycles. The van der Waals surface area contributed by atoms with E-state index in [1.165, 1.54) is 6.92 Å². The molecule has 0 saturated carbocycles. The SMILES string of the molecule is [B]c1c(F)cc(F)cc1C(C)=O. The standard InChI is InChI=1S/C8H5BF2O/c1-4(12)6-2-5(10)3-7(11)8(6)9/h2-3H,1H3. The van der Waals surface area contributed by atoms with Gasteiger partial charge in [0.25, 0.3) is 0 Å². The minimum Gasteiger partial charge on any atom is -0.295 e. The van der Waals surface area contributed by atoms with Crippen molar-refractivity contribution >= 4 is 19.1 Å². The molecule has 0 unspecified atom stereocenters. The van der Waals surface area contributed by atoms with Gasteiger partial charge in [-0.05, 0) is 13.0 Å². The van der Waals surface area contributed by atoms with Gasteiger partial charge < -0.3 is 0 Å². The summed E-state index contributed by atoms with van der Waals surface area (Å²) in [6, 6.07) is 1.56. The van der Waals surface area contributed by atoms with Gasteiger partial charge in [0.2, 0.25) is 0 Å². The molecule has 2 radical (unpaired) electrons. The van der Waals surface area contributed by atoms with Crippen LogP contribution >= 0.6 is 0 Å². The third-order valence-corrected chi connectivity index (χ3v) is 1.47. The highest BCUT2D eigenvalue weighted by molar-refractivity contribution is 6.36. The maximum Gasteiger partial charge on any atom is 0.159 e. The van der Waals surface area contributed by atoms with Crippen LogP contribution in [0.25, 0.3) is 0 Å². The molecule has 12 heavy (non-hydrogen) atoms. The Bertz CT molecular complexity index is 336. The van der Waals surface area contributed by atoms with Gasteiger partial charge in [0.05, 0.1) is 0 Å². The first-order valence-corrected chi connectivity index (χ1v) is 3.28. The van der Waals surface area contributed by atoms with E-state index in [4.69, 9.17) is 7.85 Å². The second-order valence-electron chi connectivity index (χ2n) is 2.41. The molecule has 0 aliphatic carbocycles. The summed E-state index contributed by atoms with van der Waals surface area (Å²) >= 11 is 0. The lowest BCUT2D eigenvalue weighted by Gasteiger charge is -2.02. The van der Waals surface area contributed by atoms with Crippen molar-refractivity contribution in [2.75, 3.05) is 0 Å². The van der Waals surface area contributed by atoms with Crippen molar-refractivity contribution < 1.29 is 13.6 Å². The average Bonchev–Trinajstić information content (AvgIpc) is 1.96. The highest BCUT2D eigenvalue weighted by Gasteiger charge is 2.09. The summed E-state index contributed by atoms with van der Waals surface area (Å²) in [5.41, 5.74) is -0.420. The number of carbonyl (C=O) groups excluding carboxylic acids is 1. The molecular formula is C8H5BF2O. The zero-order valence-corrected chi connectivity index (χ0v) is 6.40. The highest BCUT2D eigenvalue weighted by Crippen LogP contribution is 2.04. The summed E-state index contributed by atoms with van der Waals surface area (Å²) in [7, 11) is 5.19. The van der Waals surface area contributed by atoms with E-state index in [9.17, 15) is 13.6 Å². The molecule has 0 aromatic heterocycles. The van der Waals surface area contributed by atoms with Crippen molar-refractivity contribution in [3.8, 4) is 0 Å². The van der Waals surface area contributed by atoms with Crippen LogP contribution in [0.2, 0.25) is 0 Å². The van der Waals surface area contributed by atoms with Crippen LogP contribution in [0.3, 0.4) is 0 Å². The van der Waals surface area contributed by atoms with Gasteiger partial charge in [-0.25, -0.2) is 8.78 Å². The van der Waals surface area contributed by atoms with Gasteiger partial charge in [-0.2, -0.15) is 0 Å². The van der Waals surface area contributed by atoms with Gasteiger partial charge in [0.1, 0.15) is 19.5 Å². The van der Waals surface area contributed by atoms with E-state index >= 15 is 0 Å². The van der Waals surface area contributed by atoms with Crippen molar-refractivity contribution in [1.82, 2.24) is 0 Å². The topological polar surface area (TPSA) is 17.1 Å². The first kappa shape index (κ1) is 8.91. The van der Waals surface area contributed by atoms with Crippen molar-refractivity contribution in [3.63, 3.8) is 0 Å². The Morgan fingerprint density at radius 1 is 1.42 bits per heavy atom. The van der Waals surface area contributed by atoms with E-state index < -0.39 is 17.4 Å². The van der Waals surface area contributed by atoms with Gasteiger partial charge in [-0.3, -0.25) is 4.79 Å². The number of rotatable bonds is 1. The first-order chi connectivity index (χ1) is 5.52. The maximum absolute atomic E-state index is 12.7. The summed E-state index contributed by atoms with van der Waals surface area (Å²) in [6.07, 6.45) is 0. The first-order valence-electron chi connectivity index (χ1n) is 3.28. The molecule has 0 fully saturated rings. The van der Waals surface area contributed by atoms with Gasteiger partial charge >= 0.3 is 0 Å². The minimum absolute atomic E-state index is 0.118. The van der Waals surface area contributed by atoms with Gasteiger partial charge in [0.15, 0.2) is 5.78 Å². The van der Waals surface area contributed by atoms with Crippen molar-refractivity contribution in [1.29, 1.82) is 0 Å². The van der Waals surface area contributed by atoms with E-state index in [0.29, 0.717) is 6.07 Å². The Morgan fingerprint density at radius 2 is 2.00 bits per heavy atom. The van der Waals surface area contributed by atoms with Crippen molar-refractivity contribution in [2.45, 2.75) is 6.92 Å². The fourth-order valence-corrected chi connectivity index (χ4v) is 0.876. The fourth-order valence-electron chi connectivity index (χ4n) is 0.876. The van der Waals surface area contributed by atoms with Crippen LogP contribution in [0.1, 0.15) is 17.3 Å². The molecule has 1 aromatic carbocycles. The average molecular weight is 166 g/mol. The molecule has 1 aromatic rings. The smallest absolute Gasteiger partial charge is 0.159 e. The van der Waals surface area contributed by atoms with Crippen LogP contribution < -0.4 is 5.46 Å². The monoisotopic (exact) mass is 166 g/mol. The zero-order valence-electron chi connectivity index (χ0n) is 6.40. The molecule has 0 aliphatic rings. The normalized spacial score (nSPS) is 9.92. The lowest BCUT2D eigenvalue weighted by atomic mass is 9.88. The molecule has 0 saturated heterocycles. The summed E-state index contributed by atoms with van der Waals surface area (Å²) in [4.78, 5) is 10.8. The summed E-state index contributed by atoms with van der Waals surface area (Å²) < 4.78 is 25.2. The molecule has 1 nitrogen and oxygen atoms in total. The fraction of sp³-hybridized carbons (Fsp3) is 0.125. The van der Waals surface area contributed by atoms with E-state index in [-0.39, 0.29) is 11.0 Å². The van der Waals surface area contributed by atoms with Gasteiger partial charge in [-0.15, -0.1) is 0 Å². The third kappa shape index (κ3) is 1.52. The Hall–Kier alpha value is -1.19. The molecule has 4 heteroatoms. The van der Waals surface area contributed by atoms with E-state index in [0.717, 1.165) is 6.07 Å². The van der Waals surface area contributed by atoms with Gasteiger partial charge in [-0.1, -0.05) is 5.46 Å². The maximum atomic E-state index is 12.7. The molecule has 60 valence electrons. The van der Waals surface area contributed by atoms with Crippen LogP contribution in [0, 0.1) is 11.6 Å². The highest BCUT2D eigenvalue weighted by atomic mass is 19.1. The lowest BCUT2D eigenvalue weighted by Crippen LogP contribution is -2.18. The number of ketones is 1. The number of carbonyl (C=O) groups is 1. The predicted octanol–water partition coefficient (Wildman–Crippen LogP) is 0.961. The summed E-state index contributed by atoms with van der Waals surface area (Å²) in [6.45, 7) is 1.20. The third-order valence-electron chi connectivity index (χ3n) is 1.47. The number of benzene rings is 1. The second-order valence-corrected chi connectivity index (χ2v) is 2.41. The quantitative estimate of drug-likeness (QED) is 0.448. The largest absolute Gasteiger partial charge is 0.295 e. The molecule has 0 spiro atoms. The van der Waals surface area contributed by atoms with Crippen molar-refractivity contribution in [3.05, 3.63) is 29.3 Å².